The first-order chi connectivity index (χ1) is 9.74. The molecule has 0 spiro atoms. The molecule has 6 heteroatoms. The quantitative estimate of drug-likeness (QED) is 0.744. The van der Waals surface area contributed by atoms with Crippen molar-refractivity contribution in [1.82, 2.24) is 15.3 Å². The molecule has 4 nitrogen and oxygen atoms in total. The van der Waals surface area contributed by atoms with E-state index in [1.807, 2.05) is 30.5 Å². The molecule has 0 aromatic carbocycles. The van der Waals surface area contributed by atoms with Gasteiger partial charge in [-0.2, -0.15) is 0 Å². The molecule has 0 amide bonds. The summed E-state index contributed by atoms with van der Waals surface area (Å²) in [5.74, 6) is 1.76. The van der Waals surface area contributed by atoms with E-state index in [4.69, 9.17) is 16.0 Å². The van der Waals surface area contributed by atoms with Crippen LogP contribution in [0.2, 0.25) is 4.34 Å². The lowest BCUT2D eigenvalue weighted by Gasteiger charge is -2.19. The molecule has 0 aliphatic rings. The van der Waals surface area contributed by atoms with Crippen LogP contribution >= 0.6 is 22.9 Å². The summed E-state index contributed by atoms with van der Waals surface area (Å²) in [5, 5.41) is 3.52. The lowest BCUT2D eigenvalue weighted by molar-refractivity contribution is 0.416. The Balaban J connectivity index is 1.87. The van der Waals surface area contributed by atoms with Gasteiger partial charge in [0.25, 0.3) is 0 Å². The molecule has 0 aliphatic carbocycles. The number of nitrogens with zero attached hydrogens (tertiary/aromatic N) is 1. The molecule has 0 bridgehead atoms. The lowest BCUT2D eigenvalue weighted by atomic mass is 10.1. The molecule has 2 unspecified atom stereocenters. The Hall–Kier alpha value is -1.56. The Kier molecular flexibility index (Phi) is 3.91. The van der Waals surface area contributed by atoms with Gasteiger partial charge in [-0.05, 0) is 31.2 Å². The van der Waals surface area contributed by atoms with Gasteiger partial charge < -0.3 is 9.40 Å². The topological polar surface area (TPSA) is 53.9 Å². The maximum atomic E-state index is 6.04. The van der Waals surface area contributed by atoms with Crippen LogP contribution < -0.4 is 5.32 Å². The molecular formula is C14H14ClN3OS. The summed E-state index contributed by atoms with van der Waals surface area (Å²) >= 11 is 7.59. The standard InChI is InChI=1S/C14H14ClN3OS/c1-9(14-16-6-7-17-14)18-13(10-3-2-8-19-10)11-4-5-12(15)20-11/h2-9,13,18H,1H3,(H,16,17). The SMILES string of the molecule is CC(NC(c1ccco1)c1ccc(Cl)s1)c1ncc[nH]1. The van der Waals surface area contributed by atoms with E-state index in [-0.39, 0.29) is 12.1 Å². The van der Waals surface area contributed by atoms with Gasteiger partial charge in [0.2, 0.25) is 0 Å². The van der Waals surface area contributed by atoms with E-state index in [1.165, 1.54) is 0 Å². The van der Waals surface area contributed by atoms with Crippen molar-refractivity contribution in [2.45, 2.75) is 19.0 Å². The van der Waals surface area contributed by atoms with Crippen LogP contribution in [0.25, 0.3) is 0 Å². The first kappa shape index (κ1) is 13.4. The van der Waals surface area contributed by atoms with E-state index in [0.717, 1.165) is 20.8 Å². The minimum Gasteiger partial charge on any atom is -0.467 e. The Bertz CT molecular complexity index is 648. The van der Waals surface area contributed by atoms with E-state index in [0.29, 0.717) is 0 Å². The second-order valence-electron chi connectivity index (χ2n) is 4.45. The second kappa shape index (κ2) is 5.83. The number of rotatable bonds is 5. The fourth-order valence-electron chi connectivity index (χ4n) is 2.09. The van der Waals surface area contributed by atoms with Crippen LogP contribution in [0, 0.1) is 0 Å². The summed E-state index contributed by atoms with van der Waals surface area (Å²) < 4.78 is 6.32. The largest absolute Gasteiger partial charge is 0.467 e. The normalized spacial score (nSPS) is 14.3. The average molecular weight is 308 g/mol. The fraction of sp³-hybridized carbons (Fsp3) is 0.214. The number of hydrogen-bond acceptors (Lipinski definition) is 4. The third-order valence-electron chi connectivity index (χ3n) is 3.05. The predicted octanol–water partition coefficient (Wildman–Crippen LogP) is 4.16. The third kappa shape index (κ3) is 2.80. The Morgan fingerprint density at radius 2 is 2.30 bits per heavy atom. The minimum atomic E-state index is -0.0393. The molecule has 0 fully saturated rings. The smallest absolute Gasteiger partial charge is 0.126 e. The summed E-state index contributed by atoms with van der Waals surface area (Å²) in [7, 11) is 0. The first-order valence-corrected chi connectivity index (χ1v) is 7.47. The summed E-state index contributed by atoms with van der Waals surface area (Å²) in [5.41, 5.74) is 0. The lowest BCUT2D eigenvalue weighted by Crippen LogP contribution is -2.25. The van der Waals surface area contributed by atoms with Gasteiger partial charge in [0.15, 0.2) is 0 Å². The van der Waals surface area contributed by atoms with Crippen molar-refractivity contribution in [3.63, 3.8) is 0 Å². The van der Waals surface area contributed by atoms with E-state index < -0.39 is 0 Å². The number of H-pyrrole nitrogens is 1. The highest BCUT2D eigenvalue weighted by Crippen LogP contribution is 2.32. The van der Waals surface area contributed by atoms with Crippen LogP contribution in [0.4, 0.5) is 0 Å². The molecule has 2 atom stereocenters. The number of halogens is 1. The van der Waals surface area contributed by atoms with Crippen molar-refractivity contribution in [1.29, 1.82) is 0 Å². The molecular weight excluding hydrogens is 294 g/mol. The number of aromatic nitrogens is 2. The number of nitrogens with one attached hydrogen (secondary N) is 2. The van der Waals surface area contributed by atoms with Gasteiger partial charge in [0.1, 0.15) is 17.6 Å². The zero-order valence-electron chi connectivity index (χ0n) is 10.8. The summed E-state index contributed by atoms with van der Waals surface area (Å²) in [6, 6.07) is 7.79. The molecule has 3 heterocycles. The number of furan rings is 1. The number of imidazole rings is 1. The molecule has 2 N–H and O–H groups in total. The fourth-order valence-corrected chi connectivity index (χ4v) is 3.22. The average Bonchev–Trinajstić information content (AvgIpc) is 3.17. The number of hydrogen-bond donors (Lipinski definition) is 2. The third-order valence-corrected chi connectivity index (χ3v) is 4.35. The summed E-state index contributed by atoms with van der Waals surface area (Å²) in [6.45, 7) is 2.06. The van der Waals surface area contributed by atoms with Gasteiger partial charge in [-0.15, -0.1) is 11.3 Å². The predicted molar refractivity (Wildman–Crippen MR) is 80.0 cm³/mol. The van der Waals surface area contributed by atoms with Crippen LogP contribution in [0.15, 0.2) is 47.3 Å². The van der Waals surface area contributed by atoms with Crippen LogP contribution in [-0.2, 0) is 0 Å². The number of aromatic amines is 1. The molecule has 3 aromatic rings. The van der Waals surface area contributed by atoms with Gasteiger partial charge in [0, 0.05) is 17.3 Å². The molecule has 20 heavy (non-hydrogen) atoms. The van der Waals surface area contributed by atoms with Crippen molar-refractivity contribution in [2.75, 3.05) is 0 Å². The van der Waals surface area contributed by atoms with Gasteiger partial charge in [-0.1, -0.05) is 11.6 Å². The van der Waals surface area contributed by atoms with Crippen LogP contribution in [-0.4, -0.2) is 9.97 Å². The zero-order chi connectivity index (χ0) is 13.9. The first-order valence-electron chi connectivity index (χ1n) is 6.28. The van der Waals surface area contributed by atoms with Crippen molar-refractivity contribution < 1.29 is 4.42 Å². The molecule has 0 aliphatic heterocycles. The highest BCUT2D eigenvalue weighted by Gasteiger charge is 2.22. The zero-order valence-corrected chi connectivity index (χ0v) is 12.4. The van der Waals surface area contributed by atoms with E-state index in [9.17, 15) is 0 Å². The van der Waals surface area contributed by atoms with E-state index in [1.54, 1.807) is 23.8 Å². The Labute approximate surface area is 125 Å². The van der Waals surface area contributed by atoms with E-state index >= 15 is 0 Å². The minimum absolute atomic E-state index is 0.0393. The van der Waals surface area contributed by atoms with Crippen molar-refractivity contribution in [3.8, 4) is 0 Å². The van der Waals surface area contributed by atoms with Crippen LogP contribution in [0.3, 0.4) is 0 Å². The van der Waals surface area contributed by atoms with E-state index in [2.05, 4.69) is 22.2 Å². The molecule has 0 saturated heterocycles. The second-order valence-corrected chi connectivity index (χ2v) is 6.20. The van der Waals surface area contributed by atoms with Crippen molar-refractivity contribution in [3.05, 3.63) is 63.7 Å². The molecule has 0 saturated carbocycles. The van der Waals surface area contributed by atoms with Crippen LogP contribution in [0.1, 0.15) is 35.5 Å². The summed E-state index contributed by atoms with van der Waals surface area (Å²) in [4.78, 5) is 8.51. The van der Waals surface area contributed by atoms with Gasteiger partial charge in [-0.25, -0.2) is 4.98 Å². The van der Waals surface area contributed by atoms with Gasteiger partial charge in [0.05, 0.1) is 16.6 Å². The molecule has 3 aromatic heterocycles. The van der Waals surface area contributed by atoms with Gasteiger partial charge >= 0.3 is 0 Å². The molecule has 104 valence electrons. The Morgan fingerprint density at radius 3 is 2.90 bits per heavy atom. The summed E-state index contributed by atoms with van der Waals surface area (Å²) in [6.07, 6.45) is 5.24. The van der Waals surface area contributed by atoms with Crippen molar-refractivity contribution in [2.24, 2.45) is 0 Å². The Morgan fingerprint density at radius 1 is 1.40 bits per heavy atom. The molecule has 0 radical (unpaired) electrons. The van der Waals surface area contributed by atoms with Gasteiger partial charge in [-0.3, -0.25) is 5.32 Å². The molecule has 3 rings (SSSR count). The number of thiophene rings is 1. The highest BCUT2D eigenvalue weighted by atomic mass is 35.5. The maximum absolute atomic E-state index is 6.04. The van der Waals surface area contributed by atoms with Crippen LogP contribution in [0.5, 0.6) is 0 Å². The van der Waals surface area contributed by atoms with Crippen molar-refractivity contribution >= 4 is 22.9 Å². The highest BCUT2D eigenvalue weighted by molar-refractivity contribution is 7.16. The monoisotopic (exact) mass is 307 g/mol. The maximum Gasteiger partial charge on any atom is 0.126 e.